The number of esters is 1. The van der Waals surface area contributed by atoms with Crippen LogP contribution in [0.15, 0.2) is 18.2 Å². The van der Waals surface area contributed by atoms with Crippen molar-refractivity contribution in [2.75, 3.05) is 6.61 Å². The molecule has 0 saturated carbocycles. The van der Waals surface area contributed by atoms with Crippen LogP contribution in [0.2, 0.25) is 0 Å². The van der Waals surface area contributed by atoms with E-state index in [1.165, 1.54) is 90.0 Å². The van der Waals surface area contributed by atoms with Crippen molar-refractivity contribution in [3.8, 4) is 0 Å². The third kappa shape index (κ3) is 13.3. The Labute approximate surface area is 198 Å². The monoisotopic (exact) mass is 467 g/mol. The van der Waals surface area contributed by atoms with Gasteiger partial charge in [-0.25, -0.2) is 13.6 Å². The fourth-order valence-electron chi connectivity index (χ4n) is 3.81. The molecule has 1 aromatic rings. The number of carbonyl (C=O) groups excluding carboxylic acids is 2. The molecule has 0 radical (unpaired) electrons. The molecule has 0 aliphatic carbocycles. The Morgan fingerprint density at radius 3 is 1.67 bits per heavy atom. The standard InChI is InChI=1S/C27H43F2NO3/c1-3-4-5-6-7-8-9-10-11-12-13-14-15-16-17-21-33-27(32)22(2)30-26(31)25-23(28)19-18-20-24(25)29/h18-20,22H,3-17,21H2,1-2H3,(H,30,31). The van der Waals surface area contributed by atoms with E-state index >= 15 is 0 Å². The molecule has 0 aromatic heterocycles. The summed E-state index contributed by atoms with van der Waals surface area (Å²) in [4.78, 5) is 24.0. The predicted octanol–water partition coefficient (Wildman–Crippen LogP) is 7.50. The summed E-state index contributed by atoms with van der Waals surface area (Å²) < 4.78 is 32.5. The number of ether oxygens (including phenoxy) is 1. The second-order valence-corrected chi connectivity index (χ2v) is 8.91. The highest BCUT2D eigenvalue weighted by molar-refractivity contribution is 5.97. The van der Waals surface area contributed by atoms with Crippen LogP contribution >= 0.6 is 0 Å². The maximum absolute atomic E-state index is 13.7. The molecule has 1 amide bonds. The highest BCUT2D eigenvalue weighted by Gasteiger charge is 2.22. The Hall–Kier alpha value is -1.98. The summed E-state index contributed by atoms with van der Waals surface area (Å²) in [5.74, 6) is -3.51. The highest BCUT2D eigenvalue weighted by Crippen LogP contribution is 2.14. The topological polar surface area (TPSA) is 55.4 Å². The van der Waals surface area contributed by atoms with Gasteiger partial charge in [0, 0.05) is 0 Å². The van der Waals surface area contributed by atoms with Gasteiger partial charge in [-0.1, -0.05) is 103 Å². The number of nitrogens with one attached hydrogen (secondary N) is 1. The number of rotatable bonds is 19. The molecule has 0 fully saturated rings. The average Bonchev–Trinajstić information content (AvgIpc) is 2.78. The molecule has 1 atom stereocenters. The minimum absolute atomic E-state index is 0.283. The minimum atomic E-state index is -0.979. The molecule has 0 spiro atoms. The molecule has 4 nitrogen and oxygen atoms in total. The van der Waals surface area contributed by atoms with Gasteiger partial charge < -0.3 is 10.1 Å². The zero-order valence-electron chi connectivity index (χ0n) is 20.6. The van der Waals surface area contributed by atoms with Crippen molar-refractivity contribution in [3.63, 3.8) is 0 Å². The smallest absolute Gasteiger partial charge is 0.328 e. The van der Waals surface area contributed by atoms with E-state index in [-0.39, 0.29) is 6.61 Å². The number of carbonyl (C=O) groups is 2. The van der Waals surface area contributed by atoms with Gasteiger partial charge in [-0.05, 0) is 25.5 Å². The molecule has 33 heavy (non-hydrogen) atoms. The van der Waals surface area contributed by atoms with E-state index in [2.05, 4.69) is 12.2 Å². The van der Waals surface area contributed by atoms with Crippen LogP contribution in [0.25, 0.3) is 0 Å². The van der Waals surface area contributed by atoms with E-state index in [1.54, 1.807) is 0 Å². The number of unbranched alkanes of at least 4 members (excludes halogenated alkanes) is 14. The van der Waals surface area contributed by atoms with Crippen LogP contribution in [-0.2, 0) is 9.53 Å². The number of hydrogen-bond acceptors (Lipinski definition) is 3. The molecule has 6 heteroatoms. The Balaban J connectivity index is 1.98. The summed E-state index contributed by atoms with van der Waals surface area (Å²) in [6.45, 7) is 3.97. The Morgan fingerprint density at radius 2 is 1.21 bits per heavy atom. The quantitative estimate of drug-likeness (QED) is 0.169. The molecule has 0 saturated heterocycles. The lowest BCUT2D eigenvalue weighted by atomic mass is 10.0. The zero-order chi connectivity index (χ0) is 24.3. The number of halogens is 2. The highest BCUT2D eigenvalue weighted by atomic mass is 19.1. The lowest BCUT2D eigenvalue weighted by Crippen LogP contribution is -2.40. The normalized spacial score (nSPS) is 11.9. The minimum Gasteiger partial charge on any atom is -0.464 e. The largest absolute Gasteiger partial charge is 0.464 e. The van der Waals surface area contributed by atoms with Gasteiger partial charge in [-0.3, -0.25) is 4.79 Å². The summed E-state index contributed by atoms with van der Waals surface area (Å²) in [7, 11) is 0. The van der Waals surface area contributed by atoms with Crippen molar-refractivity contribution in [3.05, 3.63) is 35.4 Å². The van der Waals surface area contributed by atoms with Gasteiger partial charge in [-0.2, -0.15) is 0 Å². The van der Waals surface area contributed by atoms with Crippen LogP contribution < -0.4 is 5.32 Å². The first-order chi connectivity index (χ1) is 16.0. The van der Waals surface area contributed by atoms with E-state index in [0.29, 0.717) is 0 Å². The van der Waals surface area contributed by atoms with Crippen LogP contribution in [0.1, 0.15) is 121 Å². The Bertz CT molecular complexity index is 661. The molecule has 1 aromatic carbocycles. The summed E-state index contributed by atoms with van der Waals surface area (Å²) >= 11 is 0. The zero-order valence-corrected chi connectivity index (χ0v) is 20.6. The van der Waals surface area contributed by atoms with E-state index in [9.17, 15) is 18.4 Å². The SMILES string of the molecule is CCCCCCCCCCCCCCCCCOC(=O)C(C)NC(=O)c1c(F)cccc1F. The van der Waals surface area contributed by atoms with E-state index in [4.69, 9.17) is 4.74 Å². The van der Waals surface area contributed by atoms with Crippen molar-refractivity contribution in [2.24, 2.45) is 0 Å². The third-order valence-electron chi connectivity index (χ3n) is 5.88. The van der Waals surface area contributed by atoms with Gasteiger partial charge in [-0.15, -0.1) is 0 Å². The maximum Gasteiger partial charge on any atom is 0.328 e. The van der Waals surface area contributed by atoms with E-state index in [0.717, 1.165) is 31.4 Å². The lowest BCUT2D eigenvalue weighted by molar-refractivity contribution is -0.145. The third-order valence-corrected chi connectivity index (χ3v) is 5.88. The molecule has 188 valence electrons. The van der Waals surface area contributed by atoms with Gasteiger partial charge in [0.1, 0.15) is 23.2 Å². The molecular formula is C27H43F2NO3. The maximum atomic E-state index is 13.7. The molecule has 1 N–H and O–H groups in total. The van der Waals surface area contributed by atoms with E-state index in [1.807, 2.05) is 0 Å². The number of benzene rings is 1. The van der Waals surface area contributed by atoms with Crippen molar-refractivity contribution < 1.29 is 23.1 Å². The lowest BCUT2D eigenvalue weighted by Gasteiger charge is -2.14. The first-order valence-electron chi connectivity index (χ1n) is 12.9. The van der Waals surface area contributed by atoms with Crippen molar-refractivity contribution in [2.45, 2.75) is 116 Å². The summed E-state index contributed by atoms with van der Waals surface area (Å²) in [6, 6.07) is 2.19. The fourth-order valence-corrected chi connectivity index (χ4v) is 3.81. The van der Waals surface area contributed by atoms with Crippen LogP contribution in [0.3, 0.4) is 0 Å². The second-order valence-electron chi connectivity index (χ2n) is 8.91. The molecule has 0 aliphatic rings. The van der Waals surface area contributed by atoms with Gasteiger partial charge >= 0.3 is 5.97 Å². The summed E-state index contributed by atoms with van der Waals surface area (Å²) in [5.41, 5.74) is -0.695. The van der Waals surface area contributed by atoms with Crippen LogP contribution in [0.5, 0.6) is 0 Å². The first-order valence-corrected chi connectivity index (χ1v) is 12.9. The molecular weight excluding hydrogens is 424 g/mol. The molecule has 0 heterocycles. The fraction of sp³-hybridized carbons (Fsp3) is 0.704. The van der Waals surface area contributed by atoms with Gasteiger partial charge in [0.25, 0.3) is 5.91 Å². The van der Waals surface area contributed by atoms with Gasteiger partial charge in [0.2, 0.25) is 0 Å². The molecule has 1 rings (SSSR count). The Kier molecular flexibility index (Phi) is 16.2. The molecule has 0 aliphatic heterocycles. The van der Waals surface area contributed by atoms with Crippen LogP contribution in [0.4, 0.5) is 8.78 Å². The van der Waals surface area contributed by atoms with Crippen molar-refractivity contribution >= 4 is 11.9 Å². The number of hydrogen-bond donors (Lipinski definition) is 1. The average molecular weight is 468 g/mol. The van der Waals surface area contributed by atoms with Gasteiger partial charge in [0.15, 0.2) is 0 Å². The summed E-state index contributed by atoms with van der Waals surface area (Å²) in [6.07, 6.45) is 18.9. The first kappa shape index (κ1) is 29.1. The molecule has 1 unspecified atom stereocenters. The van der Waals surface area contributed by atoms with E-state index < -0.39 is 35.1 Å². The van der Waals surface area contributed by atoms with Crippen LogP contribution in [-0.4, -0.2) is 24.5 Å². The van der Waals surface area contributed by atoms with Gasteiger partial charge in [0.05, 0.1) is 6.61 Å². The van der Waals surface area contributed by atoms with Crippen molar-refractivity contribution in [1.82, 2.24) is 5.32 Å². The number of amides is 1. The van der Waals surface area contributed by atoms with Crippen LogP contribution in [0, 0.1) is 11.6 Å². The molecule has 0 bridgehead atoms. The Morgan fingerprint density at radius 1 is 0.788 bits per heavy atom. The summed E-state index contributed by atoms with van der Waals surface area (Å²) in [5, 5.41) is 2.29. The van der Waals surface area contributed by atoms with Crippen molar-refractivity contribution in [1.29, 1.82) is 0 Å². The predicted molar refractivity (Wildman–Crippen MR) is 129 cm³/mol. The second kappa shape index (κ2) is 18.4.